The average molecular weight is 266 g/mol. The van der Waals surface area contributed by atoms with Gasteiger partial charge >= 0.3 is 0 Å². The zero-order valence-corrected chi connectivity index (χ0v) is 11.1. The molecule has 0 radical (unpaired) electrons. The van der Waals surface area contributed by atoms with E-state index in [2.05, 4.69) is 10.4 Å². The van der Waals surface area contributed by atoms with Crippen LogP contribution in [0.25, 0.3) is 0 Å². The zero-order valence-electron chi connectivity index (χ0n) is 11.1. The highest BCUT2D eigenvalue weighted by atomic mass is 16.3. The first-order valence-corrected chi connectivity index (χ1v) is 6.85. The normalized spacial score (nSPS) is 23.2. The summed E-state index contributed by atoms with van der Waals surface area (Å²) in [5.74, 6) is 1.07. The summed E-state index contributed by atoms with van der Waals surface area (Å²) in [4.78, 5) is 11.8. The molecular weight excluding hydrogens is 244 g/mol. The van der Waals surface area contributed by atoms with Gasteiger partial charge in [-0.1, -0.05) is 12.8 Å². The smallest absolute Gasteiger partial charge is 0.241 e. The number of hydrogen-bond acceptors (Lipinski definition) is 4. The highest BCUT2D eigenvalue weighted by molar-refractivity contribution is 5.75. The second-order valence-corrected chi connectivity index (χ2v) is 5.23. The van der Waals surface area contributed by atoms with Crippen molar-refractivity contribution in [3.63, 3.8) is 0 Å². The number of amides is 1. The van der Waals surface area contributed by atoms with Gasteiger partial charge < -0.3 is 16.2 Å². The maximum absolute atomic E-state index is 11.8. The summed E-state index contributed by atoms with van der Waals surface area (Å²) in [6.45, 7) is 1.05. The number of aliphatic hydroxyl groups excluding tert-OH is 1. The summed E-state index contributed by atoms with van der Waals surface area (Å²) in [6.07, 6.45) is 6.20. The van der Waals surface area contributed by atoms with Gasteiger partial charge in [-0.3, -0.25) is 9.48 Å². The fourth-order valence-electron chi connectivity index (χ4n) is 2.71. The van der Waals surface area contributed by atoms with Crippen molar-refractivity contribution >= 4 is 11.7 Å². The molecule has 0 bridgehead atoms. The Bertz CT molecular complexity index is 419. The Balaban J connectivity index is 1.76. The highest BCUT2D eigenvalue weighted by Gasteiger charge is 2.24. The Morgan fingerprint density at radius 1 is 1.47 bits per heavy atom. The monoisotopic (exact) mass is 266 g/mol. The lowest BCUT2D eigenvalue weighted by molar-refractivity contribution is -0.122. The van der Waals surface area contributed by atoms with E-state index in [1.807, 2.05) is 0 Å². The van der Waals surface area contributed by atoms with Crippen molar-refractivity contribution in [2.75, 3.05) is 18.9 Å². The lowest BCUT2D eigenvalue weighted by Crippen LogP contribution is -2.37. The van der Waals surface area contributed by atoms with Crippen molar-refractivity contribution in [1.29, 1.82) is 0 Å². The second-order valence-electron chi connectivity index (χ2n) is 5.23. The first kappa shape index (κ1) is 13.9. The van der Waals surface area contributed by atoms with Gasteiger partial charge in [0.2, 0.25) is 5.91 Å². The molecule has 106 valence electrons. The lowest BCUT2D eigenvalue weighted by atomic mass is 9.79. The van der Waals surface area contributed by atoms with E-state index in [4.69, 9.17) is 5.73 Å². The van der Waals surface area contributed by atoms with E-state index in [-0.39, 0.29) is 19.1 Å². The summed E-state index contributed by atoms with van der Waals surface area (Å²) in [6, 6.07) is 1.66. The molecule has 0 spiro atoms. The SMILES string of the molecule is Nc1ccn(CC(=O)NCC2CCCCC2CO)n1. The molecule has 0 aromatic carbocycles. The van der Waals surface area contributed by atoms with Crippen molar-refractivity contribution in [1.82, 2.24) is 15.1 Å². The van der Waals surface area contributed by atoms with Crippen LogP contribution < -0.4 is 11.1 Å². The molecule has 1 aromatic rings. The first-order chi connectivity index (χ1) is 9.19. The molecule has 6 nitrogen and oxygen atoms in total. The Morgan fingerprint density at radius 2 is 2.21 bits per heavy atom. The van der Waals surface area contributed by atoms with Gasteiger partial charge in [-0.05, 0) is 30.7 Å². The molecule has 1 aliphatic rings. The second kappa shape index (κ2) is 6.56. The van der Waals surface area contributed by atoms with Crippen LogP contribution in [-0.2, 0) is 11.3 Å². The number of anilines is 1. The van der Waals surface area contributed by atoms with E-state index < -0.39 is 0 Å². The van der Waals surface area contributed by atoms with Crippen LogP contribution >= 0.6 is 0 Å². The molecule has 1 heterocycles. The summed E-state index contributed by atoms with van der Waals surface area (Å²) < 4.78 is 1.52. The molecule has 1 fully saturated rings. The van der Waals surface area contributed by atoms with E-state index in [1.165, 1.54) is 17.5 Å². The molecule has 4 N–H and O–H groups in total. The van der Waals surface area contributed by atoms with Crippen LogP contribution in [0, 0.1) is 11.8 Å². The quantitative estimate of drug-likeness (QED) is 0.718. The summed E-state index contributed by atoms with van der Waals surface area (Å²) in [5, 5.41) is 16.2. The van der Waals surface area contributed by atoms with Gasteiger partial charge in [0.1, 0.15) is 12.4 Å². The minimum absolute atomic E-state index is 0.0645. The molecule has 1 amide bonds. The number of nitrogens with one attached hydrogen (secondary N) is 1. The third-order valence-electron chi connectivity index (χ3n) is 3.83. The number of nitrogen functional groups attached to an aromatic ring is 1. The molecule has 0 saturated heterocycles. The van der Waals surface area contributed by atoms with Crippen molar-refractivity contribution in [2.45, 2.75) is 32.2 Å². The van der Waals surface area contributed by atoms with Gasteiger partial charge in [0.25, 0.3) is 0 Å². The molecule has 2 unspecified atom stereocenters. The van der Waals surface area contributed by atoms with Crippen LogP contribution in [0.4, 0.5) is 5.82 Å². The van der Waals surface area contributed by atoms with Gasteiger partial charge in [-0.25, -0.2) is 0 Å². The molecule has 1 saturated carbocycles. The van der Waals surface area contributed by atoms with Gasteiger partial charge in [0.05, 0.1) is 0 Å². The molecule has 0 aliphatic heterocycles. The van der Waals surface area contributed by atoms with Gasteiger partial charge in [-0.2, -0.15) is 5.10 Å². The van der Waals surface area contributed by atoms with Gasteiger partial charge in [-0.15, -0.1) is 0 Å². The van der Waals surface area contributed by atoms with Gasteiger partial charge in [0.15, 0.2) is 0 Å². The van der Waals surface area contributed by atoms with Gasteiger partial charge in [0, 0.05) is 19.3 Å². The van der Waals surface area contributed by atoms with E-state index in [0.29, 0.717) is 24.2 Å². The first-order valence-electron chi connectivity index (χ1n) is 6.85. The Morgan fingerprint density at radius 3 is 2.84 bits per heavy atom. The molecule has 1 aliphatic carbocycles. The molecular formula is C13H22N4O2. The molecule has 2 atom stereocenters. The van der Waals surface area contributed by atoms with E-state index in [1.54, 1.807) is 12.3 Å². The zero-order chi connectivity index (χ0) is 13.7. The van der Waals surface area contributed by atoms with Crippen molar-refractivity contribution in [3.8, 4) is 0 Å². The summed E-state index contributed by atoms with van der Waals surface area (Å²) >= 11 is 0. The highest BCUT2D eigenvalue weighted by Crippen LogP contribution is 2.28. The third-order valence-corrected chi connectivity index (χ3v) is 3.83. The van der Waals surface area contributed by atoms with Crippen LogP contribution in [-0.4, -0.2) is 33.9 Å². The topological polar surface area (TPSA) is 93.2 Å². The number of carbonyl (C=O) groups excluding carboxylic acids is 1. The minimum atomic E-state index is -0.0645. The predicted octanol–water partition coefficient (Wildman–Crippen LogP) is 0.380. The van der Waals surface area contributed by atoms with Crippen molar-refractivity contribution < 1.29 is 9.90 Å². The number of carbonyl (C=O) groups is 1. The Kier molecular flexibility index (Phi) is 4.79. The minimum Gasteiger partial charge on any atom is -0.396 e. The standard InChI is InChI=1S/C13H22N4O2/c14-12-5-6-17(16-12)8-13(19)15-7-10-3-1-2-4-11(10)9-18/h5-6,10-11,18H,1-4,7-9H2,(H2,14,16)(H,15,19). The number of nitrogens with zero attached hydrogens (tertiary/aromatic N) is 2. The number of hydrogen-bond donors (Lipinski definition) is 3. The maximum Gasteiger partial charge on any atom is 0.241 e. The largest absolute Gasteiger partial charge is 0.396 e. The summed E-state index contributed by atoms with van der Waals surface area (Å²) in [5.41, 5.74) is 5.49. The third kappa shape index (κ3) is 3.96. The average Bonchev–Trinajstić information content (AvgIpc) is 2.82. The number of rotatable bonds is 5. The molecule has 6 heteroatoms. The fraction of sp³-hybridized carbons (Fsp3) is 0.692. The van der Waals surface area contributed by atoms with E-state index in [0.717, 1.165) is 12.8 Å². The van der Waals surface area contributed by atoms with Crippen molar-refractivity contribution in [2.24, 2.45) is 11.8 Å². The van der Waals surface area contributed by atoms with Crippen molar-refractivity contribution in [3.05, 3.63) is 12.3 Å². The van der Waals surface area contributed by atoms with Crippen LogP contribution in [0.3, 0.4) is 0 Å². The number of aliphatic hydroxyl groups is 1. The Labute approximate surface area is 113 Å². The number of aromatic nitrogens is 2. The van der Waals surface area contributed by atoms with Crippen LogP contribution in [0.15, 0.2) is 12.3 Å². The number of nitrogens with two attached hydrogens (primary N) is 1. The fourth-order valence-corrected chi connectivity index (χ4v) is 2.71. The molecule has 19 heavy (non-hydrogen) atoms. The lowest BCUT2D eigenvalue weighted by Gasteiger charge is -2.30. The van der Waals surface area contributed by atoms with E-state index in [9.17, 15) is 9.90 Å². The summed E-state index contributed by atoms with van der Waals surface area (Å²) in [7, 11) is 0. The van der Waals surface area contributed by atoms with Crippen LogP contribution in [0.1, 0.15) is 25.7 Å². The Hall–Kier alpha value is -1.56. The molecule has 1 aromatic heterocycles. The van der Waals surface area contributed by atoms with Crippen LogP contribution in [0.5, 0.6) is 0 Å². The van der Waals surface area contributed by atoms with Crippen LogP contribution in [0.2, 0.25) is 0 Å². The molecule has 2 rings (SSSR count). The predicted molar refractivity (Wildman–Crippen MR) is 72.2 cm³/mol. The van der Waals surface area contributed by atoms with E-state index >= 15 is 0 Å². The maximum atomic E-state index is 11.8.